The van der Waals surface area contributed by atoms with Crippen LogP contribution in [0.1, 0.15) is 96.0 Å². The molecule has 0 unspecified atom stereocenters. The number of carbonyl (C=O) groups is 2. The van der Waals surface area contributed by atoms with Crippen molar-refractivity contribution in [1.82, 2.24) is 5.32 Å². The van der Waals surface area contributed by atoms with Crippen molar-refractivity contribution >= 4 is 12.4 Å². The number of ether oxygens (including phenoxy) is 3. The van der Waals surface area contributed by atoms with Crippen LogP contribution in [-0.4, -0.2) is 43.3 Å². The van der Waals surface area contributed by atoms with Crippen molar-refractivity contribution in [2.45, 2.75) is 91.3 Å². The van der Waals surface area contributed by atoms with Gasteiger partial charge < -0.3 is 19.5 Å². The number of rotatable bonds is 6. The van der Waals surface area contributed by atoms with Gasteiger partial charge in [-0.15, -0.1) is 0 Å². The van der Waals surface area contributed by atoms with E-state index >= 15 is 0 Å². The third-order valence-corrected chi connectivity index (χ3v) is 5.52. The van der Waals surface area contributed by atoms with Crippen LogP contribution in [0, 0.1) is 11.2 Å². The second kappa shape index (κ2) is 10.9. The molecule has 1 aromatic rings. The Morgan fingerprint density at radius 2 is 1.73 bits per heavy atom. The highest BCUT2D eigenvalue weighted by Gasteiger charge is 2.32. The lowest BCUT2D eigenvalue weighted by Crippen LogP contribution is -2.38. The maximum Gasteiger partial charge on any atom is 0.341 e. The molecule has 6 nitrogen and oxygen atoms in total. The molecule has 1 aliphatic carbocycles. The van der Waals surface area contributed by atoms with E-state index in [2.05, 4.69) is 17.0 Å². The molecule has 1 heterocycles. The summed E-state index contributed by atoms with van der Waals surface area (Å²) in [6.07, 6.45) is 4.20. The van der Waals surface area contributed by atoms with Gasteiger partial charge in [-0.2, -0.15) is 0 Å². The Hall–Kier alpha value is -2.15. The highest BCUT2D eigenvalue weighted by atomic mass is 19.1. The first-order chi connectivity index (χ1) is 15.2. The zero-order chi connectivity index (χ0) is 24.9. The van der Waals surface area contributed by atoms with Gasteiger partial charge in [0.1, 0.15) is 22.8 Å². The van der Waals surface area contributed by atoms with Crippen LogP contribution in [-0.2, 0) is 14.3 Å². The first kappa shape index (κ1) is 27.1. The van der Waals surface area contributed by atoms with Gasteiger partial charge in [-0.25, -0.2) is 9.18 Å². The molecule has 0 bridgehead atoms. The van der Waals surface area contributed by atoms with Crippen LogP contribution in [0.15, 0.2) is 12.1 Å². The van der Waals surface area contributed by atoms with Crippen molar-refractivity contribution in [3.63, 3.8) is 0 Å². The minimum atomic E-state index is -0.651. The molecule has 7 heteroatoms. The van der Waals surface area contributed by atoms with Gasteiger partial charge in [0.25, 0.3) is 6.47 Å². The number of halogens is 1. The standard InChI is InChI=1S/C21H30FNO3.C5H10O2/c1-20(2,3)26-19(24)16-11-15(14-5-6-14)18(12-17(16)22)25-13-21(4)7-9-23-10-8-21;1-5(2,3)7-4-6/h11-12,14,23H,5-10,13H2,1-4H3;4H,1-3H3. The van der Waals surface area contributed by atoms with E-state index < -0.39 is 17.4 Å². The van der Waals surface area contributed by atoms with Crippen LogP contribution >= 0.6 is 0 Å². The second-order valence-corrected chi connectivity index (χ2v) is 11.3. The topological polar surface area (TPSA) is 73.9 Å². The average Bonchev–Trinajstić information content (AvgIpc) is 3.50. The molecule has 1 saturated heterocycles. The molecule has 3 rings (SSSR count). The molecule has 1 aliphatic heterocycles. The van der Waals surface area contributed by atoms with E-state index in [9.17, 15) is 14.0 Å². The minimum Gasteiger partial charge on any atom is -0.493 e. The van der Waals surface area contributed by atoms with Gasteiger partial charge in [0.05, 0.1) is 12.2 Å². The van der Waals surface area contributed by atoms with Gasteiger partial charge in [-0.1, -0.05) is 6.92 Å². The number of carbonyl (C=O) groups excluding carboxylic acids is 2. The number of benzene rings is 1. The van der Waals surface area contributed by atoms with Gasteiger partial charge in [0.2, 0.25) is 0 Å². The van der Waals surface area contributed by atoms with Gasteiger partial charge in [-0.05, 0) is 97.9 Å². The van der Waals surface area contributed by atoms with E-state index in [-0.39, 0.29) is 16.6 Å². The van der Waals surface area contributed by atoms with Crippen LogP contribution in [0.25, 0.3) is 0 Å². The number of hydrogen-bond donors (Lipinski definition) is 1. The lowest BCUT2D eigenvalue weighted by atomic mass is 9.82. The Labute approximate surface area is 197 Å². The van der Waals surface area contributed by atoms with Crippen molar-refractivity contribution in [2.75, 3.05) is 19.7 Å². The summed E-state index contributed by atoms with van der Waals surface area (Å²) in [6.45, 7) is 16.0. The summed E-state index contributed by atoms with van der Waals surface area (Å²) in [5.74, 6) is -0.257. The molecule has 0 spiro atoms. The molecular weight excluding hydrogens is 425 g/mol. The summed E-state index contributed by atoms with van der Waals surface area (Å²) in [5.41, 5.74) is 0.0722. The molecule has 186 valence electrons. The summed E-state index contributed by atoms with van der Waals surface area (Å²) < 4.78 is 30.6. The lowest BCUT2D eigenvalue weighted by Gasteiger charge is -2.34. The number of piperidine rings is 1. The first-order valence-electron chi connectivity index (χ1n) is 11.7. The Balaban J connectivity index is 0.000000479. The largest absolute Gasteiger partial charge is 0.493 e. The Morgan fingerprint density at radius 3 is 2.18 bits per heavy atom. The average molecular weight is 466 g/mol. The predicted octanol–water partition coefficient (Wildman–Crippen LogP) is 5.38. The zero-order valence-corrected chi connectivity index (χ0v) is 21.2. The number of esters is 1. The maximum atomic E-state index is 14.6. The van der Waals surface area contributed by atoms with Gasteiger partial charge in [-0.3, -0.25) is 4.79 Å². The molecule has 1 N–H and O–H groups in total. The van der Waals surface area contributed by atoms with Crippen molar-refractivity contribution in [3.05, 3.63) is 29.1 Å². The molecule has 0 aromatic heterocycles. The van der Waals surface area contributed by atoms with E-state index in [0.29, 0.717) is 24.7 Å². The van der Waals surface area contributed by atoms with Crippen LogP contribution in [0.5, 0.6) is 5.75 Å². The van der Waals surface area contributed by atoms with E-state index in [1.807, 2.05) is 20.8 Å². The lowest BCUT2D eigenvalue weighted by molar-refractivity contribution is -0.138. The molecule has 0 amide bonds. The fourth-order valence-corrected chi connectivity index (χ4v) is 3.47. The van der Waals surface area contributed by atoms with Crippen LogP contribution in [0.3, 0.4) is 0 Å². The zero-order valence-electron chi connectivity index (χ0n) is 21.2. The molecule has 33 heavy (non-hydrogen) atoms. The van der Waals surface area contributed by atoms with Crippen LogP contribution in [0.4, 0.5) is 4.39 Å². The third-order valence-electron chi connectivity index (χ3n) is 5.52. The first-order valence-corrected chi connectivity index (χ1v) is 11.7. The maximum absolute atomic E-state index is 14.6. The SMILES string of the molecule is CC(C)(C)OC=O.CC1(COc2cc(F)c(C(=O)OC(C)(C)C)cc2C2CC2)CCNCC1. The molecule has 1 aromatic carbocycles. The predicted molar refractivity (Wildman–Crippen MR) is 126 cm³/mol. The van der Waals surface area contributed by atoms with E-state index in [0.717, 1.165) is 44.3 Å². The molecule has 1 saturated carbocycles. The van der Waals surface area contributed by atoms with Crippen molar-refractivity contribution < 1.29 is 28.2 Å². The summed E-state index contributed by atoms with van der Waals surface area (Å²) in [6, 6.07) is 3.01. The fraction of sp³-hybridized carbons (Fsp3) is 0.692. The van der Waals surface area contributed by atoms with E-state index in [1.54, 1.807) is 26.8 Å². The third kappa shape index (κ3) is 9.32. The van der Waals surface area contributed by atoms with E-state index in [1.165, 1.54) is 6.07 Å². The van der Waals surface area contributed by atoms with E-state index in [4.69, 9.17) is 9.47 Å². The molecule has 2 fully saturated rings. The van der Waals surface area contributed by atoms with Crippen molar-refractivity contribution in [1.29, 1.82) is 0 Å². The monoisotopic (exact) mass is 465 g/mol. The highest BCUT2D eigenvalue weighted by Crippen LogP contribution is 2.45. The Kier molecular flexibility index (Phi) is 8.91. The highest BCUT2D eigenvalue weighted by molar-refractivity contribution is 5.90. The van der Waals surface area contributed by atoms with Crippen LogP contribution in [0.2, 0.25) is 0 Å². The summed E-state index contributed by atoms with van der Waals surface area (Å²) in [5, 5.41) is 3.36. The van der Waals surface area contributed by atoms with Crippen molar-refractivity contribution in [3.8, 4) is 5.75 Å². The normalized spacial score (nSPS) is 17.9. The molecule has 0 atom stereocenters. The fourth-order valence-electron chi connectivity index (χ4n) is 3.47. The minimum absolute atomic E-state index is 0.00209. The Morgan fingerprint density at radius 1 is 1.12 bits per heavy atom. The number of hydrogen-bond acceptors (Lipinski definition) is 6. The quantitative estimate of drug-likeness (QED) is 0.449. The Bertz CT molecular complexity index is 815. The van der Waals surface area contributed by atoms with Crippen molar-refractivity contribution in [2.24, 2.45) is 5.41 Å². The number of nitrogens with one attached hydrogen (secondary N) is 1. The van der Waals surface area contributed by atoms with Crippen LogP contribution < -0.4 is 10.1 Å². The summed E-state index contributed by atoms with van der Waals surface area (Å²) in [7, 11) is 0. The van der Waals surface area contributed by atoms with Gasteiger partial charge in [0.15, 0.2) is 0 Å². The molecule has 2 aliphatic rings. The second-order valence-electron chi connectivity index (χ2n) is 11.3. The smallest absolute Gasteiger partial charge is 0.341 e. The molecular formula is C26H40FNO5. The van der Waals surface area contributed by atoms with Gasteiger partial charge >= 0.3 is 5.97 Å². The van der Waals surface area contributed by atoms with Gasteiger partial charge in [0, 0.05) is 11.5 Å². The summed E-state index contributed by atoms with van der Waals surface area (Å²) >= 11 is 0. The summed E-state index contributed by atoms with van der Waals surface area (Å²) in [4.78, 5) is 21.9. The molecule has 0 radical (unpaired) electrons.